The van der Waals surface area contributed by atoms with Gasteiger partial charge in [0.1, 0.15) is 0 Å². The fraction of sp³-hybridized carbons (Fsp3) is 0.368. The fourth-order valence-corrected chi connectivity index (χ4v) is 4.28. The molecule has 132 valence electrons. The molecule has 2 aromatic rings. The highest BCUT2D eigenvalue weighted by molar-refractivity contribution is 7.85. The van der Waals surface area contributed by atoms with Crippen LogP contribution < -0.4 is 0 Å². The summed E-state index contributed by atoms with van der Waals surface area (Å²) < 4.78 is 18.7. The highest BCUT2D eigenvalue weighted by atomic mass is 32.2. The monoisotopic (exact) mass is 359 g/mol. The maximum Gasteiger partial charge on any atom is 0.314 e. The molecule has 0 amide bonds. The molecule has 0 aliphatic carbocycles. The molecule has 2 heterocycles. The topological polar surface area (TPSA) is 65.4 Å². The third kappa shape index (κ3) is 3.31. The molecule has 1 aromatic carbocycles. The molecule has 6 heteroatoms. The molecule has 2 atom stereocenters. The molecular formula is C19H21NO4S. The Bertz CT molecular complexity index is 822. The Morgan fingerprint density at radius 3 is 2.56 bits per heavy atom. The first kappa shape index (κ1) is 17.6. The molecule has 0 radical (unpaired) electrons. The van der Waals surface area contributed by atoms with E-state index in [0.29, 0.717) is 30.0 Å². The average molecular weight is 359 g/mol. The molecule has 0 saturated carbocycles. The van der Waals surface area contributed by atoms with Gasteiger partial charge in [0.05, 0.1) is 29.5 Å². The van der Waals surface area contributed by atoms with Gasteiger partial charge < -0.3 is 9.30 Å². The molecule has 0 bridgehead atoms. The van der Waals surface area contributed by atoms with E-state index in [2.05, 4.69) is 0 Å². The SMILES string of the molecule is CCCS(=O)c1ccc(C(=O)c2ccc3n2CCC3C(=O)OC)cc1. The predicted molar refractivity (Wildman–Crippen MR) is 95.2 cm³/mol. The van der Waals surface area contributed by atoms with Crippen LogP contribution in [-0.4, -0.2) is 33.4 Å². The number of carbonyl (C=O) groups excluding carboxylic acids is 2. The van der Waals surface area contributed by atoms with Crippen LogP contribution in [0.2, 0.25) is 0 Å². The van der Waals surface area contributed by atoms with Crippen molar-refractivity contribution in [2.45, 2.75) is 37.1 Å². The van der Waals surface area contributed by atoms with Gasteiger partial charge in [-0.15, -0.1) is 0 Å². The zero-order valence-electron chi connectivity index (χ0n) is 14.4. The van der Waals surface area contributed by atoms with Crippen LogP contribution in [-0.2, 0) is 26.9 Å². The van der Waals surface area contributed by atoms with Gasteiger partial charge >= 0.3 is 5.97 Å². The molecule has 0 spiro atoms. The van der Waals surface area contributed by atoms with Gasteiger partial charge in [0.25, 0.3) is 0 Å². The maximum absolute atomic E-state index is 12.8. The zero-order valence-corrected chi connectivity index (χ0v) is 15.2. The Hall–Kier alpha value is -2.21. The number of nitrogens with zero attached hydrogens (tertiary/aromatic N) is 1. The first-order valence-electron chi connectivity index (χ1n) is 8.37. The van der Waals surface area contributed by atoms with E-state index in [9.17, 15) is 13.8 Å². The Balaban J connectivity index is 1.83. The van der Waals surface area contributed by atoms with Crippen molar-refractivity contribution in [3.8, 4) is 0 Å². The molecule has 1 aliphatic heterocycles. The van der Waals surface area contributed by atoms with Crippen LogP contribution in [0.5, 0.6) is 0 Å². The van der Waals surface area contributed by atoms with Crippen LogP contribution >= 0.6 is 0 Å². The lowest BCUT2D eigenvalue weighted by Crippen LogP contribution is -2.11. The number of methoxy groups -OCH3 is 1. The van der Waals surface area contributed by atoms with E-state index in [4.69, 9.17) is 4.74 Å². The normalized spacial score (nSPS) is 17.1. The summed E-state index contributed by atoms with van der Waals surface area (Å²) in [5.41, 5.74) is 1.96. The number of ether oxygens (including phenoxy) is 1. The number of ketones is 1. The minimum atomic E-state index is -1.02. The third-order valence-electron chi connectivity index (χ3n) is 4.50. The zero-order chi connectivity index (χ0) is 18.0. The van der Waals surface area contributed by atoms with Crippen molar-refractivity contribution in [3.63, 3.8) is 0 Å². The number of hydrogen-bond donors (Lipinski definition) is 0. The van der Waals surface area contributed by atoms with E-state index in [1.165, 1.54) is 7.11 Å². The average Bonchev–Trinajstić information content (AvgIpc) is 3.22. The van der Waals surface area contributed by atoms with E-state index in [0.717, 1.165) is 17.0 Å². The number of esters is 1. The van der Waals surface area contributed by atoms with Gasteiger partial charge in [-0.2, -0.15) is 0 Å². The van der Waals surface area contributed by atoms with Crippen molar-refractivity contribution >= 4 is 22.6 Å². The summed E-state index contributed by atoms with van der Waals surface area (Å²) in [5.74, 6) is -0.0393. The number of hydrogen-bond acceptors (Lipinski definition) is 4. The maximum atomic E-state index is 12.8. The Morgan fingerprint density at radius 1 is 1.20 bits per heavy atom. The number of aromatic nitrogens is 1. The van der Waals surface area contributed by atoms with Gasteiger partial charge in [-0.1, -0.05) is 6.92 Å². The number of carbonyl (C=O) groups is 2. The molecule has 3 rings (SSSR count). The van der Waals surface area contributed by atoms with Crippen molar-refractivity contribution in [2.24, 2.45) is 0 Å². The summed E-state index contributed by atoms with van der Waals surface area (Å²) in [5, 5.41) is 0. The van der Waals surface area contributed by atoms with Crippen molar-refractivity contribution in [3.05, 3.63) is 53.3 Å². The molecule has 0 saturated heterocycles. The minimum absolute atomic E-state index is 0.0930. The van der Waals surface area contributed by atoms with E-state index in [1.807, 2.05) is 17.6 Å². The molecule has 0 fully saturated rings. The first-order valence-corrected chi connectivity index (χ1v) is 9.69. The Kier molecular flexibility index (Phi) is 5.18. The molecule has 25 heavy (non-hydrogen) atoms. The quantitative estimate of drug-likeness (QED) is 0.588. The minimum Gasteiger partial charge on any atom is -0.469 e. The third-order valence-corrected chi connectivity index (χ3v) is 6.08. The van der Waals surface area contributed by atoms with Gasteiger partial charge in [0.15, 0.2) is 0 Å². The highest BCUT2D eigenvalue weighted by Crippen LogP contribution is 2.32. The lowest BCUT2D eigenvalue weighted by molar-refractivity contribution is -0.142. The van der Waals surface area contributed by atoms with Crippen molar-refractivity contribution < 1.29 is 18.5 Å². The van der Waals surface area contributed by atoms with E-state index >= 15 is 0 Å². The standard InChI is InChI=1S/C19H21NO4S/c1-3-12-25(23)14-6-4-13(5-7-14)18(21)17-9-8-16-15(19(22)24-2)10-11-20(16)17/h4-9,15H,3,10-12H2,1-2H3. The summed E-state index contributed by atoms with van der Waals surface area (Å²) in [6, 6.07) is 10.5. The molecule has 1 aromatic heterocycles. The Morgan fingerprint density at radius 2 is 1.92 bits per heavy atom. The summed E-state index contributed by atoms with van der Waals surface area (Å²) in [6.07, 6.45) is 1.50. The van der Waals surface area contributed by atoms with Crippen molar-refractivity contribution in [2.75, 3.05) is 12.9 Å². The van der Waals surface area contributed by atoms with Crippen molar-refractivity contribution in [1.82, 2.24) is 4.57 Å². The summed E-state index contributed by atoms with van der Waals surface area (Å²) in [4.78, 5) is 25.4. The van der Waals surface area contributed by atoms with Gasteiger partial charge in [-0.3, -0.25) is 13.8 Å². The summed E-state index contributed by atoms with van der Waals surface area (Å²) in [7, 11) is 0.359. The van der Waals surface area contributed by atoms with Crippen LogP contribution in [0.25, 0.3) is 0 Å². The molecule has 2 unspecified atom stereocenters. The number of rotatable bonds is 6. The second kappa shape index (κ2) is 7.35. The van der Waals surface area contributed by atoms with Gasteiger partial charge in [0.2, 0.25) is 5.78 Å². The van der Waals surface area contributed by atoms with E-state index in [-0.39, 0.29) is 17.7 Å². The van der Waals surface area contributed by atoms with Crippen molar-refractivity contribution in [1.29, 1.82) is 0 Å². The first-order chi connectivity index (χ1) is 12.1. The fourth-order valence-electron chi connectivity index (χ4n) is 3.23. The highest BCUT2D eigenvalue weighted by Gasteiger charge is 2.32. The van der Waals surface area contributed by atoms with Crippen LogP contribution in [0, 0.1) is 0 Å². The molecule has 1 aliphatic rings. The van der Waals surface area contributed by atoms with Gasteiger partial charge in [-0.05, 0) is 49.2 Å². The lowest BCUT2D eigenvalue weighted by Gasteiger charge is -2.07. The molecular weight excluding hydrogens is 338 g/mol. The van der Waals surface area contributed by atoms with E-state index in [1.54, 1.807) is 30.3 Å². The largest absolute Gasteiger partial charge is 0.469 e. The van der Waals surface area contributed by atoms with Gasteiger partial charge in [-0.25, -0.2) is 0 Å². The molecule has 5 nitrogen and oxygen atoms in total. The Labute approximate surface area is 149 Å². The van der Waals surface area contributed by atoms with E-state index < -0.39 is 10.8 Å². The smallest absolute Gasteiger partial charge is 0.314 e. The van der Waals surface area contributed by atoms with Crippen LogP contribution in [0.4, 0.5) is 0 Å². The summed E-state index contributed by atoms with van der Waals surface area (Å²) >= 11 is 0. The van der Waals surface area contributed by atoms with Gasteiger partial charge in [0, 0.05) is 28.5 Å². The number of fused-ring (bicyclic) bond motifs is 1. The second-order valence-electron chi connectivity index (χ2n) is 6.06. The van der Waals surface area contributed by atoms with Crippen LogP contribution in [0.1, 0.15) is 47.4 Å². The molecule has 0 N–H and O–H groups in total. The second-order valence-corrected chi connectivity index (χ2v) is 7.63. The predicted octanol–water partition coefficient (Wildman–Crippen LogP) is 2.90. The lowest BCUT2D eigenvalue weighted by atomic mass is 10.1. The van der Waals surface area contributed by atoms with Crippen LogP contribution in [0.3, 0.4) is 0 Å². The number of benzene rings is 1. The summed E-state index contributed by atoms with van der Waals surface area (Å²) in [6.45, 7) is 2.62. The van der Waals surface area contributed by atoms with Crippen LogP contribution in [0.15, 0.2) is 41.3 Å².